The van der Waals surface area contributed by atoms with Crippen molar-refractivity contribution >= 4 is 16.8 Å². The molecule has 118 valence electrons. The standard InChI is InChI=1S/C17H23N3O2/c1-19(2)16-10-20(8-7-12(16)11-21)17(22)14-9-18-15-6-4-3-5-13(14)15/h3-6,9,12,16,18,21H,7-8,10-11H2,1-2H3/t12-,16-/m1/s1. The molecule has 2 aromatic rings. The van der Waals surface area contributed by atoms with Gasteiger partial charge in [-0.3, -0.25) is 4.79 Å². The van der Waals surface area contributed by atoms with Crippen LogP contribution in [0.15, 0.2) is 30.5 Å². The van der Waals surface area contributed by atoms with Crippen LogP contribution in [0.25, 0.3) is 10.9 Å². The third-order valence-electron chi connectivity index (χ3n) is 4.73. The zero-order valence-electron chi connectivity index (χ0n) is 13.1. The fraction of sp³-hybridized carbons (Fsp3) is 0.471. The second-order valence-corrected chi connectivity index (χ2v) is 6.26. The number of nitrogens with zero attached hydrogens (tertiary/aromatic N) is 2. The minimum absolute atomic E-state index is 0.0701. The lowest BCUT2D eigenvalue weighted by Crippen LogP contribution is -2.53. The molecule has 1 aromatic heterocycles. The molecule has 0 bridgehead atoms. The number of benzene rings is 1. The molecule has 0 radical (unpaired) electrons. The first-order chi connectivity index (χ1) is 10.6. The lowest BCUT2D eigenvalue weighted by Gasteiger charge is -2.41. The van der Waals surface area contributed by atoms with E-state index < -0.39 is 0 Å². The number of aliphatic hydroxyl groups excluding tert-OH is 1. The van der Waals surface area contributed by atoms with E-state index in [-0.39, 0.29) is 24.5 Å². The minimum atomic E-state index is 0.0701. The number of carbonyl (C=O) groups is 1. The molecule has 1 amide bonds. The molecule has 3 rings (SSSR count). The molecule has 0 aliphatic carbocycles. The van der Waals surface area contributed by atoms with Crippen LogP contribution in [0.1, 0.15) is 16.8 Å². The molecule has 5 heteroatoms. The van der Waals surface area contributed by atoms with Gasteiger partial charge in [0, 0.05) is 48.8 Å². The van der Waals surface area contributed by atoms with Crippen molar-refractivity contribution in [3.05, 3.63) is 36.0 Å². The Morgan fingerprint density at radius 2 is 2.18 bits per heavy atom. The molecular weight excluding hydrogens is 278 g/mol. The molecule has 1 aliphatic heterocycles. The van der Waals surface area contributed by atoms with Gasteiger partial charge in [-0.25, -0.2) is 0 Å². The molecule has 2 heterocycles. The summed E-state index contributed by atoms with van der Waals surface area (Å²) in [5.74, 6) is 0.308. The summed E-state index contributed by atoms with van der Waals surface area (Å²) in [7, 11) is 4.01. The first-order valence-corrected chi connectivity index (χ1v) is 7.74. The highest BCUT2D eigenvalue weighted by Gasteiger charge is 2.33. The summed E-state index contributed by atoms with van der Waals surface area (Å²) in [5.41, 5.74) is 1.72. The van der Waals surface area contributed by atoms with Crippen molar-refractivity contribution in [1.29, 1.82) is 0 Å². The van der Waals surface area contributed by atoms with Crippen LogP contribution in [0.4, 0.5) is 0 Å². The zero-order valence-corrected chi connectivity index (χ0v) is 13.1. The molecule has 1 saturated heterocycles. The SMILES string of the molecule is CN(C)[C@@H]1CN(C(=O)c2c[nH]c3ccccc23)CC[C@@H]1CO. The Hall–Kier alpha value is -1.85. The Balaban J connectivity index is 1.83. The Kier molecular flexibility index (Phi) is 4.18. The molecule has 1 fully saturated rings. The lowest BCUT2D eigenvalue weighted by molar-refractivity contribution is 0.0381. The van der Waals surface area contributed by atoms with E-state index in [2.05, 4.69) is 9.88 Å². The van der Waals surface area contributed by atoms with E-state index in [0.29, 0.717) is 13.1 Å². The second-order valence-electron chi connectivity index (χ2n) is 6.26. The summed E-state index contributed by atoms with van der Waals surface area (Å²) in [6.45, 7) is 1.54. The van der Waals surface area contributed by atoms with Gasteiger partial charge >= 0.3 is 0 Å². The normalized spacial score (nSPS) is 22.5. The third kappa shape index (κ3) is 2.62. The Morgan fingerprint density at radius 3 is 2.91 bits per heavy atom. The first-order valence-electron chi connectivity index (χ1n) is 7.74. The van der Waals surface area contributed by atoms with Crippen LogP contribution < -0.4 is 0 Å². The number of piperidine rings is 1. The zero-order chi connectivity index (χ0) is 15.7. The van der Waals surface area contributed by atoms with Crippen LogP contribution in [0.5, 0.6) is 0 Å². The predicted octanol–water partition coefficient (Wildman–Crippen LogP) is 1.55. The molecule has 2 N–H and O–H groups in total. The van der Waals surface area contributed by atoms with E-state index in [0.717, 1.165) is 22.9 Å². The number of para-hydroxylation sites is 1. The Labute approximate surface area is 130 Å². The number of aromatic nitrogens is 1. The van der Waals surface area contributed by atoms with Crippen LogP contribution in [-0.4, -0.2) is 65.6 Å². The van der Waals surface area contributed by atoms with E-state index in [1.54, 1.807) is 6.20 Å². The van der Waals surface area contributed by atoms with Gasteiger partial charge < -0.3 is 19.9 Å². The average Bonchev–Trinajstić information content (AvgIpc) is 2.97. The van der Waals surface area contributed by atoms with Crippen molar-refractivity contribution in [3.8, 4) is 0 Å². The van der Waals surface area contributed by atoms with Crippen molar-refractivity contribution in [3.63, 3.8) is 0 Å². The molecule has 5 nitrogen and oxygen atoms in total. The topological polar surface area (TPSA) is 59.6 Å². The molecular formula is C17H23N3O2. The van der Waals surface area contributed by atoms with Gasteiger partial charge in [-0.05, 0) is 26.6 Å². The van der Waals surface area contributed by atoms with E-state index in [9.17, 15) is 9.90 Å². The van der Waals surface area contributed by atoms with Crippen LogP contribution in [-0.2, 0) is 0 Å². The number of nitrogens with one attached hydrogen (secondary N) is 1. The van der Waals surface area contributed by atoms with Crippen molar-refractivity contribution in [1.82, 2.24) is 14.8 Å². The minimum Gasteiger partial charge on any atom is -0.396 e. The summed E-state index contributed by atoms with van der Waals surface area (Å²) in [4.78, 5) is 20.0. The molecule has 1 aromatic carbocycles. The van der Waals surface area contributed by atoms with Crippen LogP contribution >= 0.6 is 0 Å². The van der Waals surface area contributed by atoms with Crippen molar-refractivity contribution in [2.45, 2.75) is 12.5 Å². The maximum atomic E-state index is 12.9. The van der Waals surface area contributed by atoms with Crippen LogP contribution in [0.3, 0.4) is 0 Å². The number of hydrogen-bond acceptors (Lipinski definition) is 3. The number of aliphatic hydroxyl groups is 1. The van der Waals surface area contributed by atoms with E-state index >= 15 is 0 Å². The molecule has 0 spiro atoms. The van der Waals surface area contributed by atoms with Gasteiger partial charge in [0.05, 0.1) is 5.56 Å². The number of rotatable bonds is 3. The molecule has 2 atom stereocenters. The number of aromatic amines is 1. The summed E-state index contributed by atoms with van der Waals surface area (Å²) < 4.78 is 0. The number of likely N-dealkylation sites (N-methyl/N-ethyl adjacent to an activating group) is 1. The fourth-order valence-electron chi connectivity index (χ4n) is 3.38. The number of H-pyrrole nitrogens is 1. The summed E-state index contributed by atoms with van der Waals surface area (Å²) in [5, 5.41) is 10.5. The predicted molar refractivity (Wildman–Crippen MR) is 86.9 cm³/mol. The van der Waals surface area contributed by atoms with Gasteiger partial charge in [-0.1, -0.05) is 18.2 Å². The number of fused-ring (bicyclic) bond motifs is 1. The fourth-order valence-corrected chi connectivity index (χ4v) is 3.38. The molecule has 22 heavy (non-hydrogen) atoms. The molecule has 1 aliphatic rings. The number of likely N-dealkylation sites (tertiary alicyclic amines) is 1. The average molecular weight is 301 g/mol. The second kappa shape index (κ2) is 6.10. The monoisotopic (exact) mass is 301 g/mol. The van der Waals surface area contributed by atoms with E-state index in [1.165, 1.54) is 0 Å². The number of carbonyl (C=O) groups excluding carboxylic acids is 1. The van der Waals surface area contributed by atoms with E-state index in [4.69, 9.17) is 0 Å². The highest BCUT2D eigenvalue weighted by Crippen LogP contribution is 2.25. The summed E-state index contributed by atoms with van der Waals surface area (Å²) >= 11 is 0. The highest BCUT2D eigenvalue weighted by atomic mass is 16.3. The lowest BCUT2D eigenvalue weighted by atomic mass is 9.91. The quantitative estimate of drug-likeness (QED) is 0.904. The summed E-state index contributed by atoms with van der Waals surface area (Å²) in [6, 6.07) is 8.07. The van der Waals surface area contributed by atoms with Crippen molar-refractivity contribution in [2.75, 3.05) is 33.8 Å². The molecule has 0 unspecified atom stereocenters. The van der Waals surface area contributed by atoms with E-state index in [1.807, 2.05) is 43.3 Å². The third-order valence-corrected chi connectivity index (χ3v) is 4.73. The van der Waals surface area contributed by atoms with Crippen LogP contribution in [0.2, 0.25) is 0 Å². The smallest absolute Gasteiger partial charge is 0.256 e. The number of hydrogen-bond donors (Lipinski definition) is 2. The van der Waals surface area contributed by atoms with Gasteiger partial charge in [-0.2, -0.15) is 0 Å². The largest absolute Gasteiger partial charge is 0.396 e. The highest BCUT2D eigenvalue weighted by molar-refractivity contribution is 6.06. The molecule has 0 saturated carbocycles. The van der Waals surface area contributed by atoms with Crippen molar-refractivity contribution < 1.29 is 9.90 Å². The maximum Gasteiger partial charge on any atom is 0.256 e. The van der Waals surface area contributed by atoms with Gasteiger partial charge in [0.1, 0.15) is 0 Å². The Morgan fingerprint density at radius 1 is 1.41 bits per heavy atom. The van der Waals surface area contributed by atoms with Gasteiger partial charge in [0.25, 0.3) is 5.91 Å². The van der Waals surface area contributed by atoms with Gasteiger partial charge in [-0.15, -0.1) is 0 Å². The van der Waals surface area contributed by atoms with Crippen LogP contribution in [0, 0.1) is 5.92 Å². The number of amides is 1. The Bertz CT molecular complexity index is 665. The van der Waals surface area contributed by atoms with Gasteiger partial charge in [0.15, 0.2) is 0 Å². The van der Waals surface area contributed by atoms with Crippen molar-refractivity contribution in [2.24, 2.45) is 5.92 Å². The maximum absolute atomic E-state index is 12.9. The summed E-state index contributed by atoms with van der Waals surface area (Å²) in [6.07, 6.45) is 2.64. The first kappa shape index (κ1) is 15.1. The van der Waals surface area contributed by atoms with Gasteiger partial charge in [0.2, 0.25) is 0 Å².